The van der Waals surface area contributed by atoms with Gasteiger partial charge in [0.15, 0.2) is 0 Å². The van der Waals surface area contributed by atoms with E-state index in [0.717, 1.165) is 17.8 Å². The summed E-state index contributed by atoms with van der Waals surface area (Å²) in [6.45, 7) is 4.25. The number of thiophene rings is 1. The first-order valence-electron chi connectivity index (χ1n) is 6.41. The van der Waals surface area contributed by atoms with E-state index >= 15 is 0 Å². The van der Waals surface area contributed by atoms with E-state index in [4.69, 9.17) is 23.2 Å². The third kappa shape index (κ3) is 3.92. The van der Waals surface area contributed by atoms with Crippen molar-refractivity contribution in [2.24, 2.45) is 0 Å². The highest BCUT2D eigenvalue weighted by atomic mass is 35.5. The number of hydrogen-bond donors (Lipinski definition) is 1. The molecule has 0 saturated heterocycles. The van der Waals surface area contributed by atoms with Crippen LogP contribution in [-0.4, -0.2) is 8.42 Å². The molecule has 7 heteroatoms. The molecule has 3 nitrogen and oxygen atoms in total. The van der Waals surface area contributed by atoms with E-state index in [2.05, 4.69) is 18.6 Å². The normalized spacial score (nSPS) is 13.1. The SMILES string of the molecule is CCC(C)c1ccc(NS(=O)(=O)c2cc(Cl)c(Cl)s2)cc1. The smallest absolute Gasteiger partial charge is 0.271 e. The Morgan fingerprint density at radius 2 is 1.86 bits per heavy atom. The van der Waals surface area contributed by atoms with Gasteiger partial charge in [0, 0.05) is 5.69 Å². The molecule has 0 aliphatic carbocycles. The topological polar surface area (TPSA) is 46.2 Å². The van der Waals surface area contributed by atoms with Gasteiger partial charge < -0.3 is 0 Å². The molecular formula is C14H15Cl2NO2S2. The molecule has 2 rings (SSSR count). The molecule has 1 atom stereocenters. The van der Waals surface area contributed by atoms with Crippen LogP contribution in [0, 0.1) is 0 Å². The van der Waals surface area contributed by atoms with Gasteiger partial charge in [-0.2, -0.15) is 0 Å². The Labute approximate surface area is 139 Å². The van der Waals surface area contributed by atoms with E-state index in [1.807, 2.05) is 12.1 Å². The highest BCUT2D eigenvalue weighted by Gasteiger charge is 2.19. The number of rotatable bonds is 5. The molecule has 0 aliphatic heterocycles. The Hall–Kier alpha value is -0.750. The molecule has 21 heavy (non-hydrogen) atoms. The summed E-state index contributed by atoms with van der Waals surface area (Å²) in [5.74, 6) is 0.450. The molecule has 0 aliphatic rings. The summed E-state index contributed by atoms with van der Waals surface area (Å²) in [4.78, 5) is 0. The van der Waals surface area contributed by atoms with E-state index in [0.29, 0.717) is 11.6 Å². The van der Waals surface area contributed by atoms with Gasteiger partial charge in [0.2, 0.25) is 0 Å². The maximum Gasteiger partial charge on any atom is 0.271 e. The minimum absolute atomic E-state index is 0.100. The summed E-state index contributed by atoms with van der Waals surface area (Å²) in [6, 6.07) is 8.73. The second-order valence-corrected chi connectivity index (χ2v) is 8.69. The minimum Gasteiger partial charge on any atom is -0.279 e. The molecule has 1 aromatic heterocycles. The predicted octanol–water partition coefficient (Wildman–Crippen LogP) is 5.37. The molecule has 2 aromatic rings. The van der Waals surface area contributed by atoms with Crippen LogP contribution in [0.2, 0.25) is 9.36 Å². The van der Waals surface area contributed by atoms with Gasteiger partial charge in [-0.05, 0) is 36.1 Å². The zero-order valence-electron chi connectivity index (χ0n) is 11.6. The van der Waals surface area contributed by atoms with Crippen molar-refractivity contribution < 1.29 is 8.42 Å². The molecule has 0 radical (unpaired) electrons. The van der Waals surface area contributed by atoms with Gasteiger partial charge in [0.05, 0.1) is 5.02 Å². The Bertz CT molecular complexity index is 704. The van der Waals surface area contributed by atoms with Crippen molar-refractivity contribution in [3.63, 3.8) is 0 Å². The highest BCUT2D eigenvalue weighted by Crippen LogP contribution is 2.35. The van der Waals surface area contributed by atoms with E-state index in [1.165, 1.54) is 11.6 Å². The molecule has 0 fully saturated rings. The van der Waals surface area contributed by atoms with Crippen molar-refractivity contribution in [1.82, 2.24) is 0 Å². The van der Waals surface area contributed by atoms with Crippen LogP contribution in [0.1, 0.15) is 31.7 Å². The van der Waals surface area contributed by atoms with Crippen molar-refractivity contribution >= 4 is 50.2 Å². The van der Waals surface area contributed by atoms with Gasteiger partial charge in [-0.15, -0.1) is 11.3 Å². The second kappa shape index (κ2) is 6.57. The zero-order valence-corrected chi connectivity index (χ0v) is 14.7. The highest BCUT2D eigenvalue weighted by molar-refractivity contribution is 7.94. The van der Waals surface area contributed by atoms with E-state index < -0.39 is 10.0 Å². The molecule has 114 valence electrons. The summed E-state index contributed by atoms with van der Waals surface area (Å²) in [5, 5.41) is 0.245. The average Bonchev–Trinajstić information content (AvgIpc) is 2.79. The number of hydrogen-bond acceptors (Lipinski definition) is 3. The summed E-state index contributed by atoms with van der Waals surface area (Å²) >= 11 is 12.5. The first kappa shape index (κ1) is 16.6. The molecule has 0 spiro atoms. The van der Waals surface area contributed by atoms with Gasteiger partial charge >= 0.3 is 0 Å². The first-order chi connectivity index (χ1) is 9.83. The summed E-state index contributed by atoms with van der Waals surface area (Å²) in [7, 11) is -3.65. The summed E-state index contributed by atoms with van der Waals surface area (Å²) in [6.07, 6.45) is 1.04. The molecule has 0 saturated carbocycles. The third-order valence-corrected chi connectivity index (χ3v) is 6.95. The molecule has 1 aromatic carbocycles. The quantitative estimate of drug-likeness (QED) is 0.775. The Kier molecular flexibility index (Phi) is 5.20. The third-order valence-electron chi connectivity index (χ3n) is 3.23. The van der Waals surface area contributed by atoms with Gasteiger partial charge in [-0.1, -0.05) is 49.2 Å². The summed E-state index contributed by atoms with van der Waals surface area (Å²) < 4.78 is 27.3. The Morgan fingerprint density at radius 3 is 2.33 bits per heavy atom. The lowest BCUT2D eigenvalue weighted by Gasteiger charge is -2.10. The number of nitrogens with one attached hydrogen (secondary N) is 1. The van der Waals surface area contributed by atoms with Crippen LogP contribution >= 0.6 is 34.5 Å². The number of halogens is 2. The zero-order chi connectivity index (χ0) is 15.6. The van der Waals surface area contributed by atoms with E-state index in [9.17, 15) is 8.42 Å². The minimum atomic E-state index is -3.65. The summed E-state index contributed by atoms with van der Waals surface area (Å²) in [5.41, 5.74) is 1.70. The first-order valence-corrected chi connectivity index (χ1v) is 9.46. The lowest BCUT2D eigenvalue weighted by molar-refractivity contribution is 0.603. The average molecular weight is 364 g/mol. The van der Waals surface area contributed by atoms with Crippen molar-refractivity contribution in [1.29, 1.82) is 0 Å². The fourth-order valence-electron chi connectivity index (χ4n) is 1.78. The lowest BCUT2D eigenvalue weighted by Crippen LogP contribution is -2.11. The van der Waals surface area contributed by atoms with E-state index in [1.54, 1.807) is 12.1 Å². The van der Waals surface area contributed by atoms with Crippen molar-refractivity contribution in [2.45, 2.75) is 30.4 Å². The monoisotopic (exact) mass is 363 g/mol. The van der Waals surface area contributed by atoms with Crippen LogP contribution in [0.5, 0.6) is 0 Å². The van der Waals surface area contributed by atoms with Gasteiger partial charge in [-0.3, -0.25) is 4.72 Å². The van der Waals surface area contributed by atoms with Crippen molar-refractivity contribution in [3.05, 3.63) is 45.3 Å². The number of sulfonamides is 1. The molecule has 1 N–H and O–H groups in total. The molecule has 1 unspecified atom stereocenters. The van der Waals surface area contributed by atoms with Gasteiger partial charge in [-0.25, -0.2) is 8.42 Å². The van der Waals surface area contributed by atoms with Crippen LogP contribution in [-0.2, 0) is 10.0 Å². The molecule has 1 heterocycles. The largest absolute Gasteiger partial charge is 0.279 e. The van der Waals surface area contributed by atoms with E-state index in [-0.39, 0.29) is 13.6 Å². The fraction of sp³-hybridized carbons (Fsp3) is 0.286. The standard InChI is InChI=1S/C14H15Cl2NO2S2/c1-3-9(2)10-4-6-11(7-5-10)17-21(18,19)13-8-12(15)14(16)20-13/h4-9,17H,3H2,1-2H3. The predicted molar refractivity (Wildman–Crippen MR) is 90.3 cm³/mol. The van der Waals surface area contributed by atoms with Gasteiger partial charge in [0.25, 0.3) is 10.0 Å². The van der Waals surface area contributed by atoms with Gasteiger partial charge in [0.1, 0.15) is 8.55 Å². The molecule has 0 amide bonds. The van der Waals surface area contributed by atoms with Crippen LogP contribution in [0.25, 0.3) is 0 Å². The molecule has 0 bridgehead atoms. The van der Waals surface area contributed by atoms with Crippen LogP contribution in [0.3, 0.4) is 0 Å². The fourth-order valence-corrected chi connectivity index (χ4v) is 4.72. The maximum atomic E-state index is 12.2. The van der Waals surface area contributed by atoms with Crippen LogP contribution in [0.15, 0.2) is 34.5 Å². The van der Waals surface area contributed by atoms with Crippen molar-refractivity contribution in [3.8, 4) is 0 Å². The van der Waals surface area contributed by atoms with Crippen LogP contribution in [0.4, 0.5) is 5.69 Å². The second-order valence-electron chi connectivity index (χ2n) is 4.72. The Balaban J connectivity index is 2.20. The lowest BCUT2D eigenvalue weighted by atomic mass is 9.99. The number of benzene rings is 1. The molecular weight excluding hydrogens is 349 g/mol. The number of anilines is 1. The van der Waals surface area contributed by atoms with Crippen LogP contribution < -0.4 is 4.72 Å². The Morgan fingerprint density at radius 1 is 1.24 bits per heavy atom. The maximum absolute atomic E-state index is 12.2. The van der Waals surface area contributed by atoms with Crippen molar-refractivity contribution in [2.75, 3.05) is 4.72 Å².